The molecule has 0 heterocycles. The van der Waals surface area contributed by atoms with Crippen molar-refractivity contribution in [3.63, 3.8) is 0 Å². The van der Waals surface area contributed by atoms with Crippen LogP contribution in [-0.2, 0) is 0 Å². The van der Waals surface area contributed by atoms with E-state index in [1.807, 2.05) is 5.57 Å². The van der Waals surface area contributed by atoms with Gasteiger partial charge < -0.3 is 5.73 Å². The van der Waals surface area contributed by atoms with E-state index in [1.165, 1.54) is 70.6 Å². The Bertz CT molecular complexity index is 712. The second-order valence-electron chi connectivity index (χ2n) is 13.2. The Labute approximate surface area is 180 Å². The molecule has 0 aromatic rings. The topological polar surface area (TPSA) is 26.0 Å². The fourth-order valence-electron chi connectivity index (χ4n) is 9.36. The number of hydrogen-bond donors (Lipinski definition) is 1. The summed E-state index contributed by atoms with van der Waals surface area (Å²) in [4.78, 5) is 0. The van der Waals surface area contributed by atoms with Crippen LogP contribution in [0.3, 0.4) is 0 Å². The van der Waals surface area contributed by atoms with Crippen molar-refractivity contribution in [2.75, 3.05) is 0 Å². The molecule has 162 valence electrons. The molecule has 0 aromatic carbocycles. The average Bonchev–Trinajstić information content (AvgIpc) is 2.66. The fraction of sp³-hybridized carbons (Fsp3) is 0.857. The Morgan fingerprint density at radius 1 is 0.931 bits per heavy atom. The molecule has 2 N–H and O–H groups in total. The lowest BCUT2D eigenvalue weighted by Gasteiger charge is -2.60. The van der Waals surface area contributed by atoms with Crippen molar-refractivity contribution in [2.45, 2.75) is 98.3 Å². The van der Waals surface area contributed by atoms with Crippen LogP contribution in [0, 0.1) is 51.8 Å². The Kier molecular flexibility index (Phi) is 4.62. The minimum absolute atomic E-state index is 0.203. The molecule has 0 bridgehead atoms. The number of allylic oxidation sites excluding steroid dienone is 3. The summed E-state index contributed by atoms with van der Waals surface area (Å²) in [5.74, 6) is 5.42. The number of rotatable bonds is 1. The molecule has 7 unspecified atom stereocenters. The van der Waals surface area contributed by atoms with Crippen LogP contribution in [0.1, 0.15) is 98.3 Å². The SMILES string of the molecule is C=C(N)C12CCC3C(=CCC4C3CCC3C4CCCC3(C)C)C1CC(C)(C)CC2. The van der Waals surface area contributed by atoms with Crippen LogP contribution >= 0.6 is 0 Å². The van der Waals surface area contributed by atoms with Gasteiger partial charge in [-0.2, -0.15) is 0 Å². The minimum Gasteiger partial charge on any atom is -0.402 e. The molecule has 0 amide bonds. The maximum absolute atomic E-state index is 6.55. The summed E-state index contributed by atoms with van der Waals surface area (Å²) in [6, 6.07) is 0. The highest BCUT2D eigenvalue weighted by Crippen LogP contribution is 2.65. The number of fused-ring (bicyclic) bond motifs is 7. The molecule has 0 saturated heterocycles. The normalized spacial score (nSPS) is 47.7. The summed E-state index contributed by atoms with van der Waals surface area (Å²) >= 11 is 0. The first-order valence-corrected chi connectivity index (χ1v) is 12.8. The molecule has 7 atom stereocenters. The van der Waals surface area contributed by atoms with Gasteiger partial charge in [-0.1, -0.05) is 52.3 Å². The number of nitrogens with two attached hydrogens (primary N) is 1. The third-order valence-electron chi connectivity index (χ3n) is 11.0. The average molecular weight is 396 g/mol. The third-order valence-corrected chi connectivity index (χ3v) is 11.0. The first-order valence-electron chi connectivity index (χ1n) is 12.8. The molecule has 0 aliphatic heterocycles. The molecule has 4 saturated carbocycles. The van der Waals surface area contributed by atoms with Crippen LogP contribution in [0.5, 0.6) is 0 Å². The van der Waals surface area contributed by atoms with Gasteiger partial charge >= 0.3 is 0 Å². The Balaban J connectivity index is 1.47. The molecule has 1 heteroatoms. The van der Waals surface area contributed by atoms with E-state index in [4.69, 9.17) is 5.73 Å². The molecular weight excluding hydrogens is 350 g/mol. The largest absolute Gasteiger partial charge is 0.402 e. The van der Waals surface area contributed by atoms with Gasteiger partial charge in [0.1, 0.15) is 0 Å². The second kappa shape index (κ2) is 6.64. The first kappa shape index (κ1) is 20.2. The van der Waals surface area contributed by atoms with E-state index in [2.05, 4.69) is 40.3 Å². The maximum atomic E-state index is 6.55. The van der Waals surface area contributed by atoms with Gasteiger partial charge in [0.15, 0.2) is 0 Å². The van der Waals surface area contributed by atoms with E-state index >= 15 is 0 Å². The molecule has 5 aliphatic carbocycles. The van der Waals surface area contributed by atoms with Crippen LogP contribution in [-0.4, -0.2) is 0 Å². The van der Waals surface area contributed by atoms with Crippen molar-refractivity contribution in [3.8, 4) is 0 Å². The Morgan fingerprint density at radius 3 is 2.48 bits per heavy atom. The van der Waals surface area contributed by atoms with Crippen molar-refractivity contribution in [1.82, 2.24) is 0 Å². The van der Waals surface area contributed by atoms with Crippen LogP contribution in [0.25, 0.3) is 0 Å². The third kappa shape index (κ3) is 3.00. The van der Waals surface area contributed by atoms with Gasteiger partial charge in [-0.15, -0.1) is 0 Å². The molecular formula is C28H45N. The molecule has 0 spiro atoms. The lowest BCUT2D eigenvalue weighted by atomic mass is 9.44. The summed E-state index contributed by atoms with van der Waals surface area (Å²) in [5, 5.41) is 0. The molecule has 29 heavy (non-hydrogen) atoms. The summed E-state index contributed by atoms with van der Waals surface area (Å²) in [6.45, 7) is 14.5. The molecule has 5 aliphatic rings. The minimum atomic E-state index is 0.203. The van der Waals surface area contributed by atoms with E-state index in [-0.39, 0.29) is 5.41 Å². The van der Waals surface area contributed by atoms with Gasteiger partial charge in [-0.3, -0.25) is 0 Å². The van der Waals surface area contributed by atoms with Gasteiger partial charge in [0.25, 0.3) is 0 Å². The standard InChI is InChI=1S/C28H45N/c1-18(29)28-14-12-21-19-10-11-24-22(7-6-13-27(24,4)5)20(19)8-9-23(21)25(28)17-26(2,3)15-16-28/h9,19-22,24-25H,1,6-8,10-17,29H2,2-5H3. The maximum Gasteiger partial charge on any atom is 0.0159 e. The van der Waals surface area contributed by atoms with Crippen molar-refractivity contribution >= 4 is 0 Å². The summed E-state index contributed by atoms with van der Waals surface area (Å²) in [7, 11) is 0. The zero-order valence-electron chi connectivity index (χ0n) is 19.6. The highest BCUT2D eigenvalue weighted by molar-refractivity contribution is 5.30. The van der Waals surface area contributed by atoms with Gasteiger partial charge in [0, 0.05) is 11.1 Å². The highest BCUT2D eigenvalue weighted by atomic mass is 14.7. The van der Waals surface area contributed by atoms with Crippen LogP contribution < -0.4 is 5.73 Å². The monoisotopic (exact) mass is 395 g/mol. The van der Waals surface area contributed by atoms with Gasteiger partial charge in [0.05, 0.1) is 0 Å². The van der Waals surface area contributed by atoms with E-state index in [1.54, 1.807) is 0 Å². The van der Waals surface area contributed by atoms with Crippen LogP contribution in [0.15, 0.2) is 23.9 Å². The van der Waals surface area contributed by atoms with Crippen molar-refractivity contribution in [3.05, 3.63) is 23.9 Å². The lowest BCUT2D eigenvalue weighted by molar-refractivity contribution is -0.0548. The van der Waals surface area contributed by atoms with Gasteiger partial charge in [0.2, 0.25) is 0 Å². The second-order valence-corrected chi connectivity index (χ2v) is 13.2. The van der Waals surface area contributed by atoms with Crippen LogP contribution in [0.2, 0.25) is 0 Å². The van der Waals surface area contributed by atoms with Crippen molar-refractivity contribution in [2.24, 2.45) is 57.5 Å². The van der Waals surface area contributed by atoms with E-state index in [0.29, 0.717) is 16.7 Å². The Hall–Kier alpha value is -0.720. The molecule has 0 aromatic heterocycles. The number of hydrogen-bond acceptors (Lipinski definition) is 1. The van der Waals surface area contributed by atoms with Crippen molar-refractivity contribution in [1.29, 1.82) is 0 Å². The first-order chi connectivity index (χ1) is 13.6. The van der Waals surface area contributed by atoms with Crippen LogP contribution in [0.4, 0.5) is 0 Å². The quantitative estimate of drug-likeness (QED) is 0.457. The van der Waals surface area contributed by atoms with Gasteiger partial charge in [-0.25, -0.2) is 0 Å². The van der Waals surface area contributed by atoms with Gasteiger partial charge in [-0.05, 0) is 111 Å². The fourth-order valence-corrected chi connectivity index (χ4v) is 9.36. The lowest BCUT2D eigenvalue weighted by Crippen LogP contribution is -2.52. The molecule has 4 fully saturated rings. The molecule has 1 nitrogen and oxygen atoms in total. The summed E-state index contributed by atoms with van der Waals surface area (Å²) < 4.78 is 0. The summed E-state index contributed by atoms with van der Waals surface area (Å²) in [5.41, 5.74) is 10.6. The predicted molar refractivity (Wildman–Crippen MR) is 123 cm³/mol. The zero-order chi connectivity index (χ0) is 20.6. The van der Waals surface area contributed by atoms with E-state index in [9.17, 15) is 0 Å². The highest BCUT2D eigenvalue weighted by Gasteiger charge is 2.56. The van der Waals surface area contributed by atoms with E-state index in [0.717, 1.165) is 35.3 Å². The van der Waals surface area contributed by atoms with E-state index < -0.39 is 0 Å². The smallest absolute Gasteiger partial charge is 0.0159 e. The Morgan fingerprint density at radius 2 is 1.72 bits per heavy atom. The predicted octanol–water partition coefficient (Wildman–Crippen LogP) is 7.48. The summed E-state index contributed by atoms with van der Waals surface area (Å²) in [6.07, 6.45) is 18.1. The zero-order valence-corrected chi connectivity index (χ0v) is 19.6. The molecule has 5 rings (SSSR count). The van der Waals surface area contributed by atoms with Crippen molar-refractivity contribution < 1.29 is 0 Å². The molecule has 0 radical (unpaired) electrons.